The Hall–Kier alpha value is -0.770. The van der Waals surface area contributed by atoms with E-state index in [1.165, 1.54) is 25.7 Å². The first-order chi connectivity index (χ1) is 7.77. The molecule has 3 aliphatic rings. The van der Waals surface area contributed by atoms with Gasteiger partial charge in [0.15, 0.2) is 0 Å². The maximum absolute atomic E-state index is 12.0. The fourth-order valence-corrected chi connectivity index (χ4v) is 3.11. The Kier molecular flexibility index (Phi) is 2.54. The van der Waals surface area contributed by atoms with Crippen molar-refractivity contribution in [2.75, 3.05) is 26.3 Å². The van der Waals surface area contributed by atoms with Crippen LogP contribution in [0.4, 0.5) is 4.79 Å². The lowest BCUT2D eigenvalue weighted by molar-refractivity contribution is 0.139. The van der Waals surface area contributed by atoms with Gasteiger partial charge < -0.3 is 15.0 Å². The highest BCUT2D eigenvalue weighted by Gasteiger charge is 2.44. The molecule has 16 heavy (non-hydrogen) atoms. The summed E-state index contributed by atoms with van der Waals surface area (Å²) in [6, 6.07) is 0.365. The summed E-state index contributed by atoms with van der Waals surface area (Å²) < 4.78 is 5.26. The molecule has 2 heterocycles. The number of urea groups is 1. The lowest BCUT2D eigenvalue weighted by Gasteiger charge is -2.38. The van der Waals surface area contributed by atoms with Gasteiger partial charge in [0.05, 0.1) is 12.6 Å². The molecule has 3 rings (SSSR count). The van der Waals surface area contributed by atoms with E-state index in [9.17, 15) is 4.79 Å². The van der Waals surface area contributed by atoms with Crippen molar-refractivity contribution in [2.24, 2.45) is 5.41 Å². The first-order valence-electron chi connectivity index (χ1n) is 6.41. The molecule has 0 unspecified atom stereocenters. The minimum atomic E-state index is 0.124. The molecular weight excluding hydrogens is 204 g/mol. The summed E-state index contributed by atoms with van der Waals surface area (Å²) in [5.41, 5.74) is 0.503. The Morgan fingerprint density at radius 1 is 1.38 bits per heavy atom. The molecule has 0 bridgehead atoms. The van der Waals surface area contributed by atoms with Gasteiger partial charge in [-0.15, -0.1) is 0 Å². The second-order valence-electron chi connectivity index (χ2n) is 5.54. The van der Waals surface area contributed by atoms with Crippen molar-refractivity contribution >= 4 is 6.03 Å². The van der Waals surface area contributed by atoms with Gasteiger partial charge in [0.1, 0.15) is 0 Å². The maximum Gasteiger partial charge on any atom is 0.317 e. The minimum absolute atomic E-state index is 0.124. The largest absolute Gasteiger partial charge is 0.379 e. The zero-order chi connectivity index (χ0) is 11.0. The molecule has 0 aromatic carbocycles. The Bertz CT molecular complexity index is 283. The summed E-state index contributed by atoms with van der Waals surface area (Å²) in [5, 5.41) is 3.07. The summed E-state index contributed by atoms with van der Waals surface area (Å²) in [6.07, 6.45) is 6.17. The zero-order valence-electron chi connectivity index (χ0n) is 9.71. The van der Waals surface area contributed by atoms with E-state index in [1.807, 2.05) is 4.90 Å². The van der Waals surface area contributed by atoms with E-state index in [0.29, 0.717) is 12.0 Å². The van der Waals surface area contributed by atoms with Crippen LogP contribution >= 0.6 is 0 Å². The molecule has 2 amide bonds. The second-order valence-corrected chi connectivity index (χ2v) is 5.54. The molecule has 3 fully saturated rings. The third-order valence-electron chi connectivity index (χ3n) is 4.40. The number of hydrogen-bond donors (Lipinski definition) is 1. The summed E-state index contributed by atoms with van der Waals surface area (Å²) in [6.45, 7) is 3.39. The molecule has 1 saturated carbocycles. The number of carbonyl (C=O) groups is 1. The van der Waals surface area contributed by atoms with Gasteiger partial charge in [0, 0.05) is 19.7 Å². The van der Waals surface area contributed by atoms with E-state index >= 15 is 0 Å². The molecule has 0 radical (unpaired) electrons. The van der Waals surface area contributed by atoms with Crippen molar-refractivity contribution in [2.45, 2.75) is 38.1 Å². The van der Waals surface area contributed by atoms with Crippen molar-refractivity contribution in [1.82, 2.24) is 10.2 Å². The van der Waals surface area contributed by atoms with Gasteiger partial charge in [-0.3, -0.25) is 0 Å². The quantitative estimate of drug-likeness (QED) is 0.730. The van der Waals surface area contributed by atoms with E-state index < -0.39 is 0 Å². The number of ether oxygens (including phenoxy) is 1. The number of hydrogen-bond acceptors (Lipinski definition) is 2. The van der Waals surface area contributed by atoms with Gasteiger partial charge in [-0.2, -0.15) is 0 Å². The van der Waals surface area contributed by atoms with Crippen molar-refractivity contribution < 1.29 is 9.53 Å². The van der Waals surface area contributed by atoms with Crippen LogP contribution in [0, 0.1) is 5.41 Å². The van der Waals surface area contributed by atoms with E-state index in [-0.39, 0.29) is 12.1 Å². The van der Waals surface area contributed by atoms with Crippen LogP contribution < -0.4 is 5.32 Å². The molecule has 1 N–H and O–H groups in total. The fourth-order valence-electron chi connectivity index (χ4n) is 3.11. The standard InChI is InChI=1S/C12H20N2O2/c15-11(13-10-2-7-16-8-10)14-6-5-12(9-14)3-1-4-12/h10H,1-9H2,(H,13,15)/t10-/m0/s1. The Balaban J connectivity index is 1.51. The zero-order valence-corrected chi connectivity index (χ0v) is 9.71. The molecule has 2 aliphatic heterocycles. The molecule has 4 nitrogen and oxygen atoms in total. The topological polar surface area (TPSA) is 41.6 Å². The molecule has 90 valence electrons. The number of amides is 2. The summed E-state index contributed by atoms with van der Waals surface area (Å²) in [7, 11) is 0. The summed E-state index contributed by atoms with van der Waals surface area (Å²) >= 11 is 0. The maximum atomic E-state index is 12.0. The third kappa shape index (κ3) is 1.79. The highest BCUT2D eigenvalue weighted by Crippen LogP contribution is 2.47. The van der Waals surface area contributed by atoms with Gasteiger partial charge >= 0.3 is 6.03 Å². The van der Waals surface area contributed by atoms with Crippen LogP contribution in [0.15, 0.2) is 0 Å². The van der Waals surface area contributed by atoms with Gasteiger partial charge in [-0.25, -0.2) is 4.79 Å². The van der Waals surface area contributed by atoms with E-state index in [0.717, 1.165) is 26.1 Å². The number of rotatable bonds is 1. The number of nitrogens with zero attached hydrogens (tertiary/aromatic N) is 1. The molecule has 0 aromatic heterocycles. The number of nitrogens with one attached hydrogen (secondary N) is 1. The molecule has 1 aliphatic carbocycles. The lowest BCUT2D eigenvalue weighted by atomic mass is 9.68. The van der Waals surface area contributed by atoms with Crippen molar-refractivity contribution in [1.29, 1.82) is 0 Å². The third-order valence-corrected chi connectivity index (χ3v) is 4.40. The Morgan fingerprint density at radius 3 is 2.81 bits per heavy atom. The number of carbonyl (C=O) groups excluding carboxylic acids is 1. The van der Waals surface area contributed by atoms with Crippen LogP contribution in [-0.4, -0.2) is 43.3 Å². The fraction of sp³-hybridized carbons (Fsp3) is 0.917. The smallest absolute Gasteiger partial charge is 0.317 e. The number of likely N-dealkylation sites (tertiary alicyclic amines) is 1. The molecule has 1 spiro atoms. The summed E-state index contributed by atoms with van der Waals surface area (Å²) in [4.78, 5) is 14.0. The molecule has 0 aromatic rings. The van der Waals surface area contributed by atoms with Gasteiger partial charge in [0.25, 0.3) is 0 Å². The normalized spacial score (nSPS) is 31.8. The lowest BCUT2D eigenvalue weighted by Crippen LogP contribution is -2.45. The first-order valence-corrected chi connectivity index (χ1v) is 6.41. The SMILES string of the molecule is O=C(N[C@H]1CCOC1)N1CCC2(CCC2)C1. The predicted octanol–water partition coefficient (Wildman–Crippen LogP) is 1.36. The van der Waals surface area contributed by atoms with Gasteiger partial charge in [-0.1, -0.05) is 6.42 Å². The average Bonchev–Trinajstić information content (AvgIpc) is 2.83. The second kappa shape index (κ2) is 3.91. The van der Waals surface area contributed by atoms with Crippen LogP contribution in [-0.2, 0) is 4.74 Å². The summed E-state index contributed by atoms with van der Waals surface area (Å²) in [5.74, 6) is 0. The molecule has 1 atom stereocenters. The Labute approximate surface area is 96.3 Å². The van der Waals surface area contributed by atoms with E-state index in [1.54, 1.807) is 0 Å². The van der Waals surface area contributed by atoms with Gasteiger partial charge in [-0.05, 0) is 31.1 Å². The van der Waals surface area contributed by atoms with Crippen LogP contribution in [0.1, 0.15) is 32.1 Å². The van der Waals surface area contributed by atoms with Crippen LogP contribution in [0.25, 0.3) is 0 Å². The monoisotopic (exact) mass is 224 g/mol. The molecular formula is C12H20N2O2. The highest BCUT2D eigenvalue weighted by molar-refractivity contribution is 5.75. The van der Waals surface area contributed by atoms with Crippen molar-refractivity contribution in [3.63, 3.8) is 0 Å². The van der Waals surface area contributed by atoms with Gasteiger partial charge in [0.2, 0.25) is 0 Å². The van der Waals surface area contributed by atoms with Crippen molar-refractivity contribution in [3.8, 4) is 0 Å². The van der Waals surface area contributed by atoms with E-state index in [2.05, 4.69) is 5.32 Å². The van der Waals surface area contributed by atoms with Crippen LogP contribution in [0.2, 0.25) is 0 Å². The van der Waals surface area contributed by atoms with Crippen LogP contribution in [0.3, 0.4) is 0 Å². The highest BCUT2D eigenvalue weighted by atomic mass is 16.5. The van der Waals surface area contributed by atoms with E-state index in [4.69, 9.17) is 4.74 Å². The molecule has 4 heteroatoms. The molecule has 2 saturated heterocycles. The predicted molar refractivity (Wildman–Crippen MR) is 60.2 cm³/mol. The van der Waals surface area contributed by atoms with Crippen LogP contribution in [0.5, 0.6) is 0 Å². The minimum Gasteiger partial charge on any atom is -0.379 e. The average molecular weight is 224 g/mol. The Morgan fingerprint density at radius 2 is 2.25 bits per heavy atom. The first kappa shape index (κ1) is 10.4. The van der Waals surface area contributed by atoms with Crippen molar-refractivity contribution in [3.05, 3.63) is 0 Å².